The van der Waals surface area contributed by atoms with Crippen molar-refractivity contribution in [2.24, 2.45) is 0 Å². The lowest BCUT2D eigenvalue weighted by Crippen LogP contribution is -2.36. The van der Waals surface area contributed by atoms with Crippen LogP contribution in [-0.4, -0.2) is 37.0 Å². The lowest BCUT2D eigenvalue weighted by atomic mass is 10.2. The third kappa shape index (κ3) is 4.38. The molecule has 1 N–H and O–H groups in total. The molecule has 0 aliphatic carbocycles. The zero-order chi connectivity index (χ0) is 13.7. The van der Waals surface area contributed by atoms with Crippen LogP contribution in [0.3, 0.4) is 0 Å². The van der Waals surface area contributed by atoms with Crippen LogP contribution >= 0.6 is 15.9 Å². The van der Waals surface area contributed by atoms with Crippen molar-refractivity contribution in [1.29, 1.82) is 0 Å². The summed E-state index contributed by atoms with van der Waals surface area (Å²) in [5.41, 5.74) is 0.321. The standard InChI is InChI=1S/C13H18BrFN2O/c1-9(2)17(3)7-6-16-13(18)11-8-10(15)4-5-12(11)14/h4-5,8-9H,6-7H2,1-3H3,(H,16,18). The van der Waals surface area contributed by atoms with Crippen LogP contribution in [-0.2, 0) is 0 Å². The van der Waals surface area contributed by atoms with Crippen molar-refractivity contribution in [3.63, 3.8) is 0 Å². The first-order chi connectivity index (χ1) is 8.41. The normalized spacial score (nSPS) is 11.1. The Bertz CT molecular complexity index is 423. The first kappa shape index (κ1) is 15.1. The lowest BCUT2D eigenvalue weighted by molar-refractivity contribution is 0.0947. The van der Waals surface area contributed by atoms with Crippen molar-refractivity contribution in [3.8, 4) is 0 Å². The number of amides is 1. The number of nitrogens with zero attached hydrogens (tertiary/aromatic N) is 1. The van der Waals surface area contributed by atoms with E-state index in [9.17, 15) is 9.18 Å². The van der Waals surface area contributed by atoms with Crippen LogP contribution in [0.5, 0.6) is 0 Å². The van der Waals surface area contributed by atoms with Gasteiger partial charge in [0.2, 0.25) is 0 Å². The van der Waals surface area contributed by atoms with Gasteiger partial charge in [-0.05, 0) is 55.0 Å². The fourth-order valence-electron chi connectivity index (χ4n) is 1.37. The van der Waals surface area contributed by atoms with Crippen molar-refractivity contribution in [2.75, 3.05) is 20.1 Å². The monoisotopic (exact) mass is 316 g/mol. The van der Waals surface area contributed by atoms with Crippen molar-refractivity contribution in [1.82, 2.24) is 10.2 Å². The summed E-state index contributed by atoms with van der Waals surface area (Å²) in [5, 5.41) is 2.78. The molecule has 5 heteroatoms. The van der Waals surface area contributed by atoms with E-state index in [1.54, 1.807) is 0 Å². The molecule has 0 aliphatic rings. The second kappa shape index (κ2) is 6.85. The third-order valence-electron chi connectivity index (χ3n) is 2.80. The Kier molecular flexibility index (Phi) is 5.75. The Morgan fingerprint density at radius 3 is 2.78 bits per heavy atom. The van der Waals surface area contributed by atoms with Gasteiger partial charge >= 0.3 is 0 Å². The number of likely N-dealkylation sites (N-methyl/N-ethyl adjacent to an activating group) is 1. The SMILES string of the molecule is CC(C)N(C)CCNC(=O)c1cc(F)ccc1Br. The van der Waals surface area contributed by atoms with Gasteiger partial charge in [-0.25, -0.2) is 4.39 Å². The summed E-state index contributed by atoms with van der Waals surface area (Å²) in [6, 6.07) is 4.51. The molecule has 1 rings (SSSR count). The third-order valence-corrected chi connectivity index (χ3v) is 3.50. The minimum atomic E-state index is -0.414. The highest BCUT2D eigenvalue weighted by atomic mass is 79.9. The quantitative estimate of drug-likeness (QED) is 0.905. The number of rotatable bonds is 5. The predicted molar refractivity (Wildman–Crippen MR) is 74.2 cm³/mol. The highest BCUT2D eigenvalue weighted by molar-refractivity contribution is 9.10. The van der Waals surface area contributed by atoms with Crippen LogP contribution in [0.15, 0.2) is 22.7 Å². The number of hydrogen-bond acceptors (Lipinski definition) is 2. The molecule has 0 heterocycles. The second-order valence-corrected chi connectivity index (χ2v) is 5.31. The highest BCUT2D eigenvalue weighted by Gasteiger charge is 2.11. The Morgan fingerprint density at radius 1 is 1.50 bits per heavy atom. The molecule has 0 fully saturated rings. The van der Waals surface area contributed by atoms with E-state index in [0.717, 1.165) is 6.54 Å². The second-order valence-electron chi connectivity index (χ2n) is 4.45. The lowest BCUT2D eigenvalue weighted by Gasteiger charge is -2.20. The van der Waals surface area contributed by atoms with Gasteiger partial charge in [0.1, 0.15) is 5.82 Å². The Balaban J connectivity index is 2.53. The summed E-state index contributed by atoms with van der Waals surface area (Å²) in [7, 11) is 1.99. The minimum Gasteiger partial charge on any atom is -0.351 e. The Hall–Kier alpha value is -0.940. The largest absolute Gasteiger partial charge is 0.351 e. The summed E-state index contributed by atoms with van der Waals surface area (Å²) >= 11 is 3.24. The van der Waals surface area contributed by atoms with E-state index in [2.05, 4.69) is 40.0 Å². The van der Waals surface area contributed by atoms with E-state index in [1.165, 1.54) is 18.2 Å². The average Bonchev–Trinajstić information content (AvgIpc) is 2.31. The molecule has 3 nitrogen and oxygen atoms in total. The summed E-state index contributed by atoms with van der Waals surface area (Å²) < 4.78 is 13.7. The molecule has 0 atom stereocenters. The molecule has 0 unspecified atom stereocenters. The maximum Gasteiger partial charge on any atom is 0.252 e. The molecule has 18 heavy (non-hydrogen) atoms. The van der Waals surface area contributed by atoms with Crippen LogP contribution < -0.4 is 5.32 Å². The van der Waals surface area contributed by atoms with E-state index < -0.39 is 5.82 Å². The maximum atomic E-state index is 13.1. The van der Waals surface area contributed by atoms with E-state index >= 15 is 0 Å². The Labute approximate surface area is 115 Å². The minimum absolute atomic E-state index is 0.265. The van der Waals surface area contributed by atoms with Gasteiger partial charge in [-0.3, -0.25) is 4.79 Å². The number of carbonyl (C=O) groups excluding carboxylic acids is 1. The molecule has 0 radical (unpaired) electrons. The zero-order valence-corrected chi connectivity index (χ0v) is 12.4. The summed E-state index contributed by atoms with van der Waals surface area (Å²) in [6.45, 7) is 5.47. The fraction of sp³-hybridized carbons (Fsp3) is 0.462. The molecule has 100 valence electrons. The first-order valence-corrected chi connectivity index (χ1v) is 6.64. The number of benzene rings is 1. The number of carbonyl (C=O) groups is 1. The zero-order valence-electron chi connectivity index (χ0n) is 10.8. The first-order valence-electron chi connectivity index (χ1n) is 5.85. The smallest absolute Gasteiger partial charge is 0.252 e. The molecule has 0 bridgehead atoms. The summed E-state index contributed by atoms with van der Waals surface area (Å²) in [4.78, 5) is 14.0. The van der Waals surface area contributed by atoms with Gasteiger partial charge in [-0.1, -0.05) is 0 Å². The Morgan fingerprint density at radius 2 is 2.17 bits per heavy atom. The van der Waals surface area contributed by atoms with Crippen molar-refractivity contribution < 1.29 is 9.18 Å². The van der Waals surface area contributed by atoms with Crippen LogP contribution in [0.4, 0.5) is 4.39 Å². The van der Waals surface area contributed by atoms with Crippen LogP contribution in [0.25, 0.3) is 0 Å². The van der Waals surface area contributed by atoms with Crippen molar-refractivity contribution in [2.45, 2.75) is 19.9 Å². The summed E-state index contributed by atoms with van der Waals surface area (Å²) in [6.07, 6.45) is 0. The van der Waals surface area contributed by atoms with Gasteiger partial charge in [0.15, 0.2) is 0 Å². The summed E-state index contributed by atoms with van der Waals surface area (Å²) in [5.74, 6) is -0.679. The van der Waals surface area contributed by atoms with Gasteiger partial charge in [0, 0.05) is 23.6 Å². The van der Waals surface area contributed by atoms with Crippen LogP contribution in [0.2, 0.25) is 0 Å². The molecule has 0 spiro atoms. The van der Waals surface area contributed by atoms with Gasteiger partial charge in [-0.2, -0.15) is 0 Å². The number of halogens is 2. The van der Waals surface area contributed by atoms with Gasteiger partial charge in [0.05, 0.1) is 5.56 Å². The highest BCUT2D eigenvalue weighted by Crippen LogP contribution is 2.17. The molecule has 1 aromatic carbocycles. The molecule has 0 saturated carbocycles. The number of hydrogen-bond donors (Lipinski definition) is 1. The number of nitrogens with one attached hydrogen (secondary N) is 1. The van der Waals surface area contributed by atoms with Crippen LogP contribution in [0.1, 0.15) is 24.2 Å². The van der Waals surface area contributed by atoms with Crippen molar-refractivity contribution >= 4 is 21.8 Å². The van der Waals surface area contributed by atoms with Crippen LogP contribution in [0, 0.1) is 5.82 Å². The van der Waals surface area contributed by atoms with Gasteiger partial charge in [-0.15, -0.1) is 0 Å². The molecule has 0 aromatic heterocycles. The fourth-order valence-corrected chi connectivity index (χ4v) is 1.80. The molecule has 1 aromatic rings. The molecular weight excluding hydrogens is 299 g/mol. The topological polar surface area (TPSA) is 32.3 Å². The maximum absolute atomic E-state index is 13.1. The average molecular weight is 317 g/mol. The van der Waals surface area contributed by atoms with E-state index in [0.29, 0.717) is 22.6 Å². The van der Waals surface area contributed by atoms with E-state index in [-0.39, 0.29) is 5.91 Å². The molecule has 1 amide bonds. The molecular formula is C13H18BrFN2O. The van der Waals surface area contributed by atoms with Gasteiger partial charge in [0.25, 0.3) is 5.91 Å². The van der Waals surface area contributed by atoms with E-state index in [4.69, 9.17) is 0 Å². The van der Waals surface area contributed by atoms with Crippen molar-refractivity contribution in [3.05, 3.63) is 34.1 Å². The predicted octanol–water partition coefficient (Wildman–Crippen LogP) is 2.66. The van der Waals surface area contributed by atoms with Gasteiger partial charge < -0.3 is 10.2 Å². The molecule has 0 saturated heterocycles. The van der Waals surface area contributed by atoms with E-state index in [1.807, 2.05) is 7.05 Å². The molecule has 0 aliphatic heterocycles.